The Morgan fingerprint density at radius 3 is 1.56 bits per heavy atom. The average Bonchev–Trinajstić information content (AvgIpc) is 3.57. The second-order valence-electron chi connectivity index (χ2n) is 12.8. The number of fused-ring (bicyclic) bond motifs is 7. The standard InChI is InChI=1S/C47H30N2O/c1-3-14-37-31(10-1)12-7-17-39(37)33-22-26-35(27-23-33)49(36-28-24-34(25-29-36)40-18-8-13-32-11-2-4-15-38(32)40)44-20-9-19-43-46(44)47-42(30-48-43)41-16-5-6-21-45(41)50-47/h1-30H. The molecular formula is C47H30N2O. The smallest absolute Gasteiger partial charge is 0.148 e. The third kappa shape index (κ3) is 4.56. The highest BCUT2D eigenvalue weighted by Crippen LogP contribution is 2.44. The molecule has 234 valence electrons. The molecule has 10 aromatic rings. The third-order valence-corrected chi connectivity index (χ3v) is 9.91. The minimum Gasteiger partial charge on any atom is -0.455 e. The molecule has 0 aliphatic heterocycles. The molecule has 0 N–H and O–H groups in total. The van der Waals surface area contributed by atoms with Crippen LogP contribution in [0.1, 0.15) is 0 Å². The first-order valence-corrected chi connectivity index (χ1v) is 17.0. The molecule has 0 atom stereocenters. The van der Waals surface area contributed by atoms with Crippen molar-refractivity contribution in [1.29, 1.82) is 0 Å². The average molecular weight is 639 g/mol. The molecule has 0 spiro atoms. The molecule has 0 aliphatic carbocycles. The van der Waals surface area contributed by atoms with E-state index in [1.807, 2.05) is 18.3 Å². The van der Waals surface area contributed by atoms with E-state index in [1.165, 1.54) is 43.8 Å². The molecule has 3 heteroatoms. The van der Waals surface area contributed by atoms with Gasteiger partial charge in [0, 0.05) is 28.3 Å². The lowest BCUT2D eigenvalue weighted by molar-refractivity contribution is 0.672. The van der Waals surface area contributed by atoms with Crippen LogP contribution in [0.2, 0.25) is 0 Å². The van der Waals surface area contributed by atoms with Crippen molar-refractivity contribution in [2.45, 2.75) is 0 Å². The maximum absolute atomic E-state index is 6.60. The van der Waals surface area contributed by atoms with Crippen molar-refractivity contribution in [2.24, 2.45) is 0 Å². The Hall–Kier alpha value is -6.71. The van der Waals surface area contributed by atoms with E-state index in [1.54, 1.807) is 0 Å². The number of hydrogen-bond donors (Lipinski definition) is 0. The summed E-state index contributed by atoms with van der Waals surface area (Å²) in [6.45, 7) is 0. The van der Waals surface area contributed by atoms with Crippen molar-refractivity contribution >= 4 is 71.4 Å². The second-order valence-corrected chi connectivity index (χ2v) is 12.8. The maximum atomic E-state index is 6.60. The highest BCUT2D eigenvalue weighted by atomic mass is 16.3. The molecule has 0 fully saturated rings. The van der Waals surface area contributed by atoms with E-state index in [2.05, 4.69) is 169 Å². The van der Waals surface area contributed by atoms with Gasteiger partial charge in [0.25, 0.3) is 0 Å². The number of pyridine rings is 1. The molecule has 0 amide bonds. The van der Waals surface area contributed by atoms with Gasteiger partial charge in [-0.15, -0.1) is 0 Å². The van der Waals surface area contributed by atoms with Crippen molar-refractivity contribution < 1.29 is 4.42 Å². The molecule has 0 saturated carbocycles. The SMILES string of the molecule is c1ccc2c(-c3ccc(N(c4ccc(-c5cccc6ccccc56)cc4)c4cccc5ncc6c7ccccc7oc6c45)cc3)cccc2c1. The summed E-state index contributed by atoms with van der Waals surface area (Å²) in [5, 5.41) is 8.03. The molecule has 50 heavy (non-hydrogen) atoms. The molecule has 0 bridgehead atoms. The summed E-state index contributed by atoms with van der Waals surface area (Å²) in [6, 6.07) is 62.5. The summed E-state index contributed by atoms with van der Waals surface area (Å²) in [5.74, 6) is 0. The number of aromatic nitrogens is 1. The molecule has 0 unspecified atom stereocenters. The fourth-order valence-electron chi connectivity index (χ4n) is 7.53. The molecule has 0 aliphatic rings. The van der Waals surface area contributed by atoms with Crippen LogP contribution in [0.25, 0.3) is 76.6 Å². The summed E-state index contributed by atoms with van der Waals surface area (Å²) >= 11 is 0. The van der Waals surface area contributed by atoms with Crippen molar-refractivity contribution in [1.82, 2.24) is 4.98 Å². The summed E-state index contributed by atoms with van der Waals surface area (Å²) in [6.07, 6.45) is 1.94. The summed E-state index contributed by atoms with van der Waals surface area (Å²) in [7, 11) is 0. The van der Waals surface area contributed by atoms with Crippen molar-refractivity contribution in [2.75, 3.05) is 4.90 Å². The summed E-state index contributed by atoms with van der Waals surface area (Å²) < 4.78 is 6.60. The molecule has 10 rings (SSSR count). The lowest BCUT2D eigenvalue weighted by Gasteiger charge is -2.27. The van der Waals surface area contributed by atoms with Gasteiger partial charge in [0.15, 0.2) is 0 Å². The van der Waals surface area contributed by atoms with Crippen LogP contribution in [0.4, 0.5) is 17.1 Å². The first kappa shape index (κ1) is 28.3. The van der Waals surface area contributed by atoms with Gasteiger partial charge in [-0.3, -0.25) is 4.98 Å². The van der Waals surface area contributed by atoms with Gasteiger partial charge in [-0.05, 0) is 86.3 Å². The van der Waals surface area contributed by atoms with Gasteiger partial charge < -0.3 is 9.32 Å². The fraction of sp³-hybridized carbons (Fsp3) is 0. The van der Waals surface area contributed by atoms with Crippen LogP contribution in [0.5, 0.6) is 0 Å². The van der Waals surface area contributed by atoms with Crippen LogP contribution < -0.4 is 4.90 Å². The maximum Gasteiger partial charge on any atom is 0.148 e. The Balaban J connectivity index is 1.17. The van der Waals surface area contributed by atoms with Gasteiger partial charge in [-0.2, -0.15) is 0 Å². The predicted octanol–water partition coefficient (Wildman–Crippen LogP) is 13.2. The zero-order chi connectivity index (χ0) is 33.0. The molecule has 3 nitrogen and oxygen atoms in total. The third-order valence-electron chi connectivity index (χ3n) is 9.91. The predicted molar refractivity (Wildman–Crippen MR) is 210 cm³/mol. The van der Waals surface area contributed by atoms with E-state index in [-0.39, 0.29) is 0 Å². The van der Waals surface area contributed by atoms with Crippen LogP contribution in [-0.2, 0) is 0 Å². The van der Waals surface area contributed by atoms with E-state index in [0.29, 0.717) is 0 Å². The lowest BCUT2D eigenvalue weighted by atomic mass is 9.97. The molecule has 8 aromatic carbocycles. The number of nitrogens with zero attached hydrogens (tertiary/aromatic N) is 2. The number of benzene rings is 8. The summed E-state index contributed by atoms with van der Waals surface area (Å²) in [4.78, 5) is 7.27. The van der Waals surface area contributed by atoms with Gasteiger partial charge in [0.05, 0.1) is 16.6 Å². The monoisotopic (exact) mass is 638 g/mol. The van der Waals surface area contributed by atoms with Crippen molar-refractivity contribution in [3.8, 4) is 22.3 Å². The second kappa shape index (κ2) is 11.5. The van der Waals surface area contributed by atoms with Crippen LogP contribution >= 0.6 is 0 Å². The first-order chi connectivity index (χ1) is 24.8. The number of para-hydroxylation sites is 1. The van der Waals surface area contributed by atoms with E-state index in [9.17, 15) is 0 Å². The lowest BCUT2D eigenvalue weighted by Crippen LogP contribution is -2.10. The molecule has 2 heterocycles. The minimum atomic E-state index is 0.844. The number of furan rings is 1. The Morgan fingerprint density at radius 1 is 0.420 bits per heavy atom. The van der Waals surface area contributed by atoms with E-state index in [4.69, 9.17) is 9.40 Å². The highest BCUT2D eigenvalue weighted by molar-refractivity contribution is 6.18. The minimum absolute atomic E-state index is 0.844. The molecule has 0 radical (unpaired) electrons. The van der Waals surface area contributed by atoms with Gasteiger partial charge in [0.1, 0.15) is 11.2 Å². The highest BCUT2D eigenvalue weighted by Gasteiger charge is 2.21. The fourth-order valence-corrected chi connectivity index (χ4v) is 7.53. The van der Waals surface area contributed by atoms with Gasteiger partial charge in [-0.25, -0.2) is 0 Å². The molecule has 2 aromatic heterocycles. The van der Waals surface area contributed by atoms with Crippen LogP contribution in [0.15, 0.2) is 187 Å². The molecular weight excluding hydrogens is 609 g/mol. The van der Waals surface area contributed by atoms with Gasteiger partial charge >= 0.3 is 0 Å². The quantitative estimate of drug-likeness (QED) is 0.188. The van der Waals surface area contributed by atoms with Crippen LogP contribution in [-0.4, -0.2) is 4.98 Å². The Labute approximate surface area is 289 Å². The zero-order valence-electron chi connectivity index (χ0n) is 27.1. The largest absolute Gasteiger partial charge is 0.455 e. The van der Waals surface area contributed by atoms with Crippen LogP contribution in [0, 0.1) is 0 Å². The normalized spacial score (nSPS) is 11.6. The van der Waals surface area contributed by atoms with Crippen molar-refractivity contribution in [3.05, 3.63) is 182 Å². The van der Waals surface area contributed by atoms with Gasteiger partial charge in [0.2, 0.25) is 0 Å². The number of hydrogen-bond acceptors (Lipinski definition) is 3. The van der Waals surface area contributed by atoms with Crippen LogP contribution in [0.3, 0.4) is 0 Å². The Morgan fingerprint density at radius 2 is 0.940 bits per heavy atom. The Kier molecular flexibility index (Phi) is 6.49. The van der Waals surface area contributed by atoms with E-state index < -0.39 is 0 Å². The Bertz CT molecular complexity index is 2730. The van der Waals surface area contributed by atoms with E-state index in [0.717, 1.165) is 49.9 Å². The van der Waals surface area contributed by atoms with E-state index >= 15 is 0 Å². The topological polar surface area (TPSA) is 29.3 Å². The number of rotatable bonds is 5. The van der Waals surface area contributed by atoms with Gasteiger partial charge in [-0.1, -0.05) is 133 Å². The zero-order valence-corrected chi connectivity index (χ0v) is 27.1. The number of anilines is 3. The summed E-state index contributed by atoms with van der Waals surface area (Å²) in [5.41, 5.74) is 10.5. The molecule has 0 saturated heterocycles. The van der Waals surface area contributed by atoms with Crippen molar-refractivity contribution in [3.63, 3.8) is 0 Å². The first-order valence-electron chi connectivity index (χ1n) is 17.0.